The van der Waals surface area contributed by atoms with Crippen LogP contribution < -0.4 is 10.9 Å². The maximum atomic E-state index is 9.45. The van der Waals surface area contributed by atoms with Crippen molar-refractivity contribution in [3.63, 3.8) is 0 Å². The van der Waals surface area contributed by atoms with Crippen molar-refractivity contribution in [1.82, 2.24) is 0 Å². The molecule has 0 saturated carbocycles. The van der Waals surface area contributed by atoms with Crippen molar-refractivity contribution >= 4 is 25.2 Å². The Bertz CT molecular complexity index is 380. The van der Waals surface area contributed by atoms with Crippen molar-refractivity contribution in [3.05, 3.63) is 34.7 Å². The van der Waals surface area contributed by atoms with Crippen LogP contribution in [0.15, 0.2) is 29.4 Å². The molecule has 1 rings (SSSR count). The number of benzene rings is 1. The lowest BCUT2D eigenvalue weighted by atomic mass is 9.74. The first-order valence-electron chi connectivity index (χ1n) is 4.41. The Hall–Kier alpha value is -1.50. The van der Waals surface area contributed by atoms with Crippen LogP contribution in [0.1, 0.15) is 0 Å². The van der Waals surface area contributed by atoms with Crippen LogP contribution in [0.3, 0.4) is 0 Å². The van der Waals surface area contributed by atoms with Crippen LogP contribution in [-0.4, -0.2) is 36.0 Å². The number of rotatable bonds is 5. The van der Waals surface area contributed by atoms with Gasteiger partial charge in [-0.1, -0.05) is 29.4 Å². The van der Waals surface area contributed by atoms with Gasteiger partial charge in [0, 0.05) is 4.91 Å². The largest absolute Gasteiger partial charge is 0.491 e. The van der Waals surface area contributed by atoms with E-state index in [4.69, 9.17) is 20.2 Å². The monoisotopic (exact) mass is 221 g/mol. The minimum atomic E-state index is -1.55. The summed E-state index contributed by atoms with van der Waals surface area (Å²) in [5.74, 6) is 0. The molecule has 0 unspecified atom stereocenters. The Morgan fingerprint density at radius 3 is 2.25 bits per heavy atom. The van der Waals surface area contributed by atoms with Gasteiger partial charge in [0.1, 0.15) is 6.73 Å². The van der Waals surface area contributed by atoms with Crippen LogP contribution in [0.5, 0.6) is 0 Å². The Morgan fingerprint density at radius 2 is 1.75 bits per heavy atom. The van der Waals surface area contributed by atoms with E-state index in [0.717, 1.165) is 0 Å². The summed E-state index contributed by atoms with van der Waals surface area (Å²) in [6.45, 7) is -0.276. The maximum Gasteiger partial charge on any atom is 0.491 e. The van der Waals surface area contributed by atoms with E-state index < -0.39 is 14.2 Å². The molecule has 0 bridgehead atoms. The minimum Gasteiger partial charge on any atom is -0.423 e. The third-order valence-corrected chi connectivity index (χ3v) is 1.87. The van der Waals surface area contributed by atoms with Gasteiger partial charge in [-0.15, -0.1) is 0 Å². The van der Waals surface area contributed by atoms with Crippen molar-refractivity contribution in [3.8, 4) is 0 Å². The summed E-state index contributed by atoms with van der Waals surface area (Å²) in [5.41, 5.74) is 8.73. The first-order chi connectivity index (χ1) is 7.65. The van der Waals surface area contributed by atoms with Gasteiger partial charge in [0.15, 0.2) is 0 Å². The lowest BCUT2D eigenvalue weighted by molar-refractivity contribution is 0.279. The SMILES string of the molecule is [N-]=[N+]=NCOB(O)c1ccc(B(O)O)cc1. The summed E-state index contributed by atoms with van der Waals surface area (Å²) >= 11 is 0. The predicted octanol–water partition coefficient (Wildman–Crippen LogP) is -1.66. The third kappa shape index (κ3) is 3.58. The number of azide groups is 1. The van der Waals surface area contributed by atoms with Crippen LogP contribution in [0.4, 0.5) is 0 Å². The zero-order valence-corrected chi connectivity index (χ0v) is 8.26. The van der Waals surface area contributed by atoms with Gasteiger partial charge in [-0.05, 0) is 16.5 Å². The van der Waals surface area contributed by atoms with E-state index in [1.807, 2.05) is 0 Å². The van der Waals surface area contributed by atoms with Crippen molar-refractivity contribution < 1.29 is 19.7 Å². The Labute approximate surface area is 92.2 Å². The summed E-state index contributed by atoms with van der Waals surface area (Å²) in [4.78, 5) is 2.46. The number of nitrogens with zero attached hydrogens (tertiary/aromatic N) is 3. The molecule has 1 aromatic rings. The maximum absolute atomic E-state index is 9.45. The van der Waals surface area contributed by atoms with E-state index in [1.54, 1.807) is 0 Å². The second kappa shape index (κ2) is 6.16. The molecule has 0 atom stereocenters. The Morgan fingerprint density at radius 1 is 1.19 bits per heavy atom. The van der Waals surface area contributed by atoms with Crippen molar-refractivity contribution in [2.24, 2.45) is 5.11 Å². The van der Waals surface area contributed by atoms with Gasteiger partial charge >= 0.3 is 14.2 Å². The number of hydrogen-bond donors (Lipinski definition) is 3. The highest BCUT2D eigenvalue weighted by atomic mass is 16.5. The molecule has 0 aliphatic heterocycles. The molecule has 0 aromatic heterocycles. The van der Waals surface area contributed by atoms with Crippen LogP contribution >= 0.6 is 0 Å². The zero-order chi connectivity index (χ0) is 12.0. The molecule has 82 valence electrons. The molecule has 0 amide bonds. The van der Waals surface area contributed by atoms with Crippen molar-refractivity contribution in [1.29, 1.82) is 0 Å². The van der Waals surface area contributed by atoms with E-state index in [9.17, 15) is 5.02 Å². The highest BCUT2D eigenvalue weighted by molar-refractivity contribution is 6.61. The molecule has 3 N–H and O–H groups in total. The van der Waals surface area contributed by atoms with E-state index in [2.05, 4.69) is 10.0 Å². The highest BCUT2D eigenvalue weighted by Crippen LogP contribution is 1.88. The fourth-order valence-electron chi connectivity index (χ4n) is 1.06. The van der Waals surface area contributed by atoms with Gasteiger partial charge in [0.05, 0.1) is 0 Å². The molecule has 0 radical (unpaired) electrons. The van der Waals surface area contributed by atoms with Gasteiger partial charge in [-0.25, -0.2) is 0 Å². The van der Waals surface area contributed by atoms with E-state index in [1.165, 1.54) is 24.3 Å². The topological polar surface area (TPSA) is 119 Å². The van der Waals surface area contributed by atoms with Crippen LogP contribution in [0.25, 0.3) is 10.4 Å². The standard InChI is InChI=1S/C7H9B2N3O4/c10-12-11-5-16-9(15)7-3-1-6(2-4-7)8(13)14/h1-4,13-15H,5H2. The molecule has 0 spiro atoms. The molecule has 7 nitrogen and oxygen atoms in total. The lowest BCUT2D eigenvalue weighted by Crippen LogP contribution is -2.36. The fraction of sp³-hybridized carbons (Fsp3) is 0.143. The lowest BCUT2D eigenvalue weighted by Gasteiger charge is -2.06. The molecule has 0 heterocycles. The molecule has 1 aromatic carbocycles. The highest BCUT2D eigenvalue weighted by Gasteiger charge is 2.17. The quantitative estimate of drug-likeness (QED) is 0.238. The van der Waals surface area contributed by atoms with Crippen LogP contribution in [0, 0.1) is 0 Å². The third-order valence-electron chi connectivity index (χ3n) is 1.87. The molecule has 0 fully saturated rings. The summed E-state index contributed by atoms with van der Waals surface area (Å²) in [6, 6.07) is 5.85. The summed E-state index contributed by atoms with van der Waals surface area (Å²) < 4.78 is 4.78. The van der Waals surface area contributed by atoms with E-state index >= 15 is 0 Å². The van der Waals surface area contributed by atoms with Crippen LogP contribution in [0.2, 0.25) is 0 Å². The van der Waals surface area contributed by atoms with Crippen LogP contribution in [-0.2, 0) is 4.65 Å². The van der Waals surface area contributed by atoms with E-state index in [-0.39, 0.29) is 6.73 Å². The second-order valence-corrected chi connectivity index (χ2v) is 2.92. The molecular weight excluding hydrogens is 212 g/mol. The Balaban J connectivity index is 2.62. The molecule has 0 aliphatic rings. The first-order valence-corrected chi connectivity index (χ1v) is 4.41. The molecule has 9 heteroatoms. The van der Waals surface area contributed by atoms with Gasteiger partial charge in [0.2, 0.25) is 0 Å². The first kappa shape index (κ1) is 12.6. The summed E-state index contributed by atoms with van der Waals surface area (Å²) in [7, 11) is -2.76. The van der Waals surface area contributed by atoms with E-state index in [0.29, 0.717) is 10.9 Å². The molecule has 0 saturated heterocycles. The molecule has 16 heavy (non-hydrogen) atoms. The molecule has 0 aliphatic carbocycles. The fourth-order valence-corrected chi connectivity index (χ4v) is 1.06. The van der Waals surface area contributed by atoms with Gasteiger partial charge in [0.25, 0.3) is 0 Å². The number of hydrogen-bond acceptors (Lipinski definition) is 5. The average Bonchev–Trinajstić information content (AvgIpc) is 2.29. The van der Waals surface area contributed by atoms with Gasteiger partial charge in [-0.3, -0.25) is 0 Å². The van der Waals surface area contributed by atoms with Gasteiger partial charge < -0.3 is 19.7 Å². The van der Waals surface area contributed by atoms with Gasteiger partial charge in [-0.2, -0.15) is 0 Å². The van der Waals surface area contributed by atoms with Crippen molar-refractivity contribution in [2.45, 2.75) is 0 Å². The zero-order valence-electron chi connectivity index (χ0n) is 8.26. The summed E-state index contributed by atoms with van der Waals surface area (Å²) in [6.07, 6.45) is 0. The minimum absolute atomic E-state index is 0.276. The predicted molar refractivity (Wildman–Crippen MR) is 59.0 cm³/mol. The van der Waals surface area contributed by atoms with Crippen molar-refractivity contribution in [2.75, 3.05) is 6.73 Å². The smallest absolute Gasteiger partial charge is 0.423 e. The average molecular weight is 221 g/mol. The summed E-state index contributed by atoms with van der Waals surface area (Å²) in [5, 5.41) is 30.2. The molecular formula is C7H9B2N3O4. The normalized spacial score (nSPS) is 9.44. The second-order valence-electron chi connectivity index (χ2n) is 2.92. The Kier molecular flexibility index (Phi) is 4.84.